The van der Waals surface area contributed by atoms with E-state index in [1.54, 1.807) is 38.6 Å². The number of imidazole rings is 1. The Balaban J connectivity index is 2.48. The highest BCUT2D eigenvalue weighted by Gasteiger charge is 2.16. The van der Waals surface area contributed by atoms with Crippen LogP contribution in [0, 0.1) is 0 Å². The van der Waals surface area contributed by atoms with Crippen molar-refractivity contribution >= 4 is 12.1 Å². The lowest BCUT2D eigenvalue weighted by atomic mass is 10.2. The molecule has 0 unspecified atom stereocenters. The maximum atomic E-state index is 11.5. The van der Waals surface area contributed by atoms with Crippen LogP contribution in [0.15, 0.2) is 6.20 Å². The van der Waals surface area contributed by atoms with Gasteiger partial charge in [-0.15, -0.1) is 0 Å². The van der Waals surface area contributed by atoms with E-state index in [9.17, 15) is 9.59 Å². The number of rotatable bonds is 4. The lowest BCUT2D eigenvalue weighted by Crippen LogP contribution is -2.33. The van der Waals surface area contributed by atoms with Crippen LogP contribution in [-0.2, 0) is 22.9 Å². The van der Waals surface area contributed by atoms with Crippen LogP contribution < -0.4 is 5.32 Å². The number of esters is 1. The number of carbonyl (C=O) groups excluding carboxylic acids is 2. The Hall–Kier alpha value is -2.05. The second kappa shape index (κ2) is 6.40. The molecule has 20 heavy (non-hydrogen) atoms. The third-order valence-corrected chi connectivity index (χ3v) is 2.38. The fraction of sp³-hybridized carbons (Fsp3) is 0.615. The van der Waals surface area contributed by atoms with Crippen LogP contribution in [0.25, 0.3) is 0 Å². The van der Waals surface area contributed by atoms with Crippen molar-refractivity contribution < 1.29 is 19.1 Å². The zero-order valence-corrected chi connectivity index (χ0v) is 12.5. The van der Waals surface area contributed by atoms with E-state index >= 15 is 0 Å². The van der Waals surface area contributed by atoms with Crippen LogP contribution in [0.5, 0.6) is 0 Å². The van der Waals surface area contributed by atoms with Gasteiger partial charge >= 0.3 is 12.1 Å². The van der Waals surface area contributed by atoms with Crippen LogP contribution >= 0.6 is 0 Å². The van der Waals surface area contributed by atoms with Crippen LogP contribution in [-0.4, -0.2) is 40.9 Å². The fourth-order valence-electron chi connectivity index (χ4n) is 1.53. The van der Waals surface area contributed by atoms with Gasteiger partial charge in [-0.25, -0.2) is 14.6 Å². The van der Waals surface area contributed by atoms with E-state index < -0.39 is 17.7 Å². The average Bonchev–Trinajstić information content (AvgIpc) is 2.68. The Kier molecular flexibility index (Phi) is 5.12. The summed E-state index contributed by atoms with van der Waals surface area (Å²) in [7, 11) is 3.09. The minimum Gasteiger partial charge on any atom is -0.464 e. The number of amides is 1. The van der Waals surface area contributed by atoms with Gasteiger partial charge in [0.15, 0.2) is 5.69 Å². The number of ether oxygens (including phenoxy) is 2. The SMILES string of the molecule is COC(=O)c1cn(C)c(CCNC(=O)OC(C)(C)C)n1. The molecule has 0 saturated carbocycles. The molecule has 0 radical (unpaired) electrons. The molecule has 1 amide bonds. The van der Waals surface area contributed by atoms with Crippen molar-refractivity contribution in [2.24, 2.45) is 7.05 Å². The first-order valence-corrected chi connectivity index (χ1v) is 6.30. The molecule has 0 saturated heterocycles. The summed E-state index contributed by atoms with van der Waals surface area (Å²) in [5.74, 6) is 0.202. The molecule has 1 N–H and O–H groups in total. The molecule has 0 aromatic carbocycles. The standard InChI is InChI=1S/C13H21N3O4/c1-13(2,3)20-12(18)14-7-6-10-15-9(8-16(10)4)11(17)19-5/h8H,6-7H2,1-5H3,(H,14,18). The summed E-state index contributed by atoms with van der Waals surface area (Å²) in [4.78, 5) is 26.9. The van der Waals surface area contributed by atoms with Gasteiger partial charge in [0, 0.05) is 26.2 Å². The first-order chi connectivity index (χ1) is 9.23. The number of nitrogens with one attached hydrogen (secondary N) is 1. The Morgan fingerprint density at radius 3 is 2.60 bits per heavy atom. The first kappa shape index (κ1) is 16.0. The number of aryl methyl sites for hydroxylation is 1. The van der Waals surface area contributed by atoms with Gasteiger partial charge in [-0.1, -0.05) is 0 Å². The maximum absolute atomic E-state index is 11.5. The van der Waals surface area contributed by atoms with Gasteiger partial charge in [0.2, 0.25) is 0 Å². The highest BCUT2D eigenvalue weighted by molar-refractivity contribution is 5.86. The van der Waals surface area contributed by atoms with Crippen molar-refractivity contribution in [3.05, 3.63) is 17.7 Å². The predicted octanol–water partition coefficient (Wildman–Crippen LogP) is 1.27. The molecule has 0 spiro atoms. The molecule has 112 valence electrons. The first-order valence-electron chi connectivity index (χ1n) is 6.30. The minimum absolute atomic E-state index is 0.252. The van der Waals surface area contributed by atoms with E-state index in [-0.39, 0.29) is 5.69 Å². The smallest absolute Gasteiger partial charge is 0.407 e. The average molecular weight is 283 g/mol. The normalized spacial score (nSPS) is 11.1. The molecular weight excluding hydrogens is 262 g/mol. The zero-order chi connectivity index (χ0) is 15.3. The molecule has 0 aliphatic rings. The second-order valence-electron chi connectivity index (χ2n) is 5.32. The van der Waals surface area contributed by atoms with Gasteiger partial charge in [0.05, 0.1) is 7.11 Å². The topological polar surface area (TPSA) is 82.5 Å². The third-order valence-electron chi connectivity index (χ3n) is 2.38. The number of aromatic nitrogens is 2. The Morgan fingerprint density at radius 2 is 2.05 bits per heavy atom. The van der Waals surface area contributed by atoms with Gasteiger partial charge in [0.25, 0.3) is 0 Å². The molecule has 0 fully saturated rings. The van der Waals surface area contributed by atoms with Crippen molar-refractivity contribution in [3.8, 4) is 0 Å². The monoisotopic (exact) mass is 283 g/mol. The largest absolute Gasteiger partial charge is 0.464 e. The van der Waals surface area contributed by atoms with Crippen molar-refractivity contribution in [2.45, 2.75) is 32.8 Å². The highest BCUT2D eigenvalue weighted by atomic mass is 16.6. The van der Waals surface area contributed by atoms with E-state index in [1.807, 2.05) is 0 Å². The lowest BCUT2D eigenvalue weighted by molar-refractivity contribution is 0.0526. The van der Waals surface area contributed by atoms with Crippen molar-refractivity contribution in [1.29, 1.82) is 0 Å². The summed E-state index contributed by atoms with van der Waals surface area (Å²) in [6, 6.07) is 0. The third kappa shape index (κ3) is 4.91. The van der Waals surface area contributed by atoms with Crippen LogP contribution in [0.3, 0.4) is 0 Å². The molecule has 0 aliphatic heterocycles. The molecule has 0 bridgehead atoms. The van der Waals surface area contributed by atoms with Gasteiger partial charge < -0.3 is 19.4 Å². The Labute approximate surface area is 118 Å². The molecular formula is C13H21N3O4. The number of methoxy groups -OCH3 is 1. The van der Waals surface area contributed by atoms with E-state index in [0.717, 1.165) is 0 Å². The molecule has 1 rings (SSSR count). The quantitative estimate of drug-likeness (QED) is 0.841. The van der Waals surface area contributed by atoms with E-state index in [2.05, 4.69) is 15.0 Å². The van der Waals surface area contributed by atoms with E-state index in [0.29, 0.717) is 18.8 Å². The summed E-state index contributed by atoms with van der Waals surface area (Å²) in [6.45, 7) is 5.77. The lowest BCUT2D eigenvalue weighted by Gasteiger charge is -2.19. The summed E-state index contributed by atoms with van der Waals surface area (Å²) in [5, 5.41) is 2.64. The second-order valence-corrected chi connectivity index (χ2v) is 5.32. The summed E-state index contributed by atoms with van der Waals surface area (Å²) in [6.07, 6.45) is 1.61. The molecule has 7 nitrogen and oxygen atoms in total. The van der Waals surface area contributed by atoms with Gasteiger partial charge in [-0.05, 0) is 20.8 Å². The molecule has 0 atom stereocenters. The summed E-state index contributed by atoms with van der Waals surface area (Å²) >= 11 is 0. The number of carbonyl (C=O) groups is 2. The number of nitrogens with zero attached hydrogens (tertiary/aromatic N) is 2. The van der Waals surface area contributed by atoms with Gasteiger partial charge in [-0.2, -0.15) is 0 Å². The molecule has 1 heterocycles. The maximum Gasteiger partial charge on any atom is 0.407 e. The number of alkyl carbamates (subject to hydrolysis) is 1. The van der Waals surface area contributed by atoms with Crippen molar-refractivity contribution in [2.75, 3.05) is 13.7 Å². The summed E-state index contributed by atoms with van der Waals surface area (Å²) < 4.78 is 11.4. The number of hydrogen-bond acceptors (Lipinski definition) is 5. The van der Waals surface area contributed by atoms with Crippen LogP contribution in [0.1, 0.15) is 37.1 Å². The highest BCUT2D eigenvalue weighted by Crippen LogP contribution is 2.07. The minimum atomic E-state index is -0.522. The molecule has 1 aromatic rings. The van der Waals surface area contributed by atoms with Crippen LogP contribution in [0.4, 0.5) is 4.79 Å². The van der Waals surface area contributed by atoms with Crippen molar-refractivity contribution in [1.82, 2.24) is 14.9 Å². The molecule has 1 aromatic heterocycles. The molecule has 7 heteroatoms. The van der Waals surface area contributed by atoms with Gasteiger partial charge in [-0.3, -0.25) is 0 Å². The summed E-state index contributed by atoms with van der Waals surface area (Å²) in [5.41, 5.74) is -0.270. The number of hydrogen-bond donors (Lipinski definition) is 1. The van der Waals surface area contributed by atoms with Gasteiger partial charge in [0.1, 0.15) is 11.4 Å². The zero-order valence-electron chi connectivity index (χ0n) is 12.5. The van der Waals surface area contributed by atoms with E-state index in [1.165, 1.54) is 7.11 Å². The van der Waals surface area contributed by atoms with E-state index in [4.69, 9.17) is 4.74 Å². The fourth-order valence-corrected chi connectivity index (χ4v) is 1.53. The van der Waals surface area contributed by atoms with Crippen LogP contribution in [0.2, 0.25) is 0 Å². The Bertz CT molecular complexity index is 488. The Morgan fingerprint density at radius 1 is 1.40 bits per heavy atom. The van der Waals surface area contributed by atoms with Crippen molar-refractivity contribution in [3.63, 3.8) is 0 Å². The molecule has 0 aliphatic carbocycles. The predicted molar refractivity (Wildman–Crippen MR) is 72.5 cm³/mol.